The molecule has 1 aromatic carbocycles. The van der Waals surface area contributed by atoms with Crippen LogP contribution in [0.4, 0.5) is 5.69 Å². The molecule has 3 heteroatoms. The van der Waals surface area contributed by atoms with Gasteiger partial charge in [-0.15, -0.1) is 0 Å². The van der Waals surface area contributed by atoms with E-state index in [1.165, 1.54) is 24.1 Å². The number of benzene rings is 1. The fourth-order valence-corrected chi connectivity index (χ4v) is 3.81. The predicted molar refractivity (Wildman–Crippen MR) is 82.0 cm³/mol. The van der Waals surface area contributed by atoms with Gasteiger partial charge in [-0.1, -0.05) is 0 Å². The van der Waals surface area contributed by atoms with Gasteiger partial charge in [0.25, 0.3) is 0 Å². The minimum absolute atomic E-state index is 0.530. The van der Waals surface area contributed by atoms with Crippen molar-refractivity contribution < 1.29 is 0 Å². The summed E-state index contributed by atoms with van der Waals surface area (Å²) in [5.41, 5.74) is 3.94. The van der Waals surface area contributed by atoms with E-state index in [9.17, 15) is 0 Å². The monoisotopic (exact) mass is 275 g/mol. The SMILES string of the molecule is N#Cc1ccc(N2CC3(CC(c4ccncc4)C3)C2)cc1. The van der Waals surface area contributed by atoms with Crippen molar-refractivity contribution in [3.8, 4) is 6.07 Å². The van der Waals surface area contributed by atoms with Crippen LogP contribution in [-0.2, 0) is 0 Å². The Morgan fingerprint density at radius 1 is 1.05 bits per heavy atom. The number of aromatic nitrogens is 1. The molecule has 0 bridgehead atoms. The third-order valence-corrected chi connectivity index (χ3v) is 4.95. The molecule has 1 saturated carbocycles. The zero-order valence-electron chi connectivity index (χ0n) is 11.9. The molecule has 0 N–H and O–H groups in total. The van der Waals surface area contributed by atoms with Crippen LogP contribution in [0.5, 0.6) is 0 Å². The highest BCUT2D eigenvalue weighted by molar-refractivity contribution is 5.53. The highest BCUT2D eigenvalue weighted by Crippen LogP contribution is 2.56. The quantitative estimate of drug-likeness (QED) is 0.844. The molecule has 0 unspecified atom stereocenters. The molecule has 1 aromatic heterocycles. The Kier molecular flexibility index (Phi) is 2.71. The number of pyridine rings is 1. The standard InChI is InChI=1S/C18H17N3/c19-11-14-1-3-17(4-2-14)21-12-18(13-21)9-16(10-18)15-5-7-20-8-6-15/h1-8,16H,9-10,12-13H2. The lowest BCUT2D eigenvalue weighted by Gasteiger charge is -2.60. The summed E-state index contributed by atoms with van der Waals surface area (Å²) in [6.07, 6.45) is 6.38. The summed E-state index contributed by atoms with van der Waals surface area (Å²) < 4.78 is 0. The van der Waals surface area contributed by atoms with Crippen LogP contribution in [-0.4, -0.2) is 18.1 Å². The number of hydrogen-bond acceptors (Lipinski definition) is 3. The lowest BCUT2D eigenvalue weighted by molar-refractivity contribution is 0.0633. The van der Waals surface area contributed by atoms with E-state index in [1.54, 1.807) is 0 Å². The third kappa shape index (κ3) is 2.08. The van der Waals surface area contributed by atoms with Crippen molar-refractivity contribution in [3.05, 3.63) is 59.9 Å². The molecule has 1 spiro atoms. The summed E-state index contributed by atoms with van der Waals surface area (Å²) >= 11 is 0. The molecule has 4 rings (SSSR count). The Morgan fingerprint density at radius 3 is 2.33 bits per heavy atom. The molecule has 104 valence electrons. The van der Waals surface area contributed by atoms with E-state index in [0.29, 0.717) is 5.41 Å². The van der Waals surface area contributed by atoms with Gasteiger partial charge in [0.1, 0.15) is 0 Å². The molecule has 2 aromatic rings. The molecule has 0 amide bonds. The summed E-state index contributed by atoms with van der Waals surface area (Å²) in [4.78, 5) is 6.51. The van der Waals surface area contributed by atoms with Crippen LogP contribution in [0.3, 0.4) is 0 Å². The van der Waals surface area contributed by atoms with Gasteiger partial charge in [0, 0.05) is 36.6 Å². The summed E-state index contributed by atoms with van der Waals surface area (Å²) in [5.74, 6) is 0.719. The Hall–Kier alpha value is -2.34. The van der Waals surface area contributed by atoms with Crippen molar-refractivity contribution in [1.29, 1.82) is 5.26 Å². The lowest BCUT2D eigenvalue weighted by Crippen LogP contribution is -2.61. The number of nitrogens with zero attached hydrogens (tertiary/aromatic N) is 3. The van der Waals surface area contributed by atoms with Gasteiger partial charge < -0.3 is 4.90 Å². The topological polar surface area (TPSA) is 39.9 Å². The maximum Gasteiger partial charge on any atom is 0.0991 e. The zero-order valence-corrected chi connectivity index (χ0v) is 11.9. The molecule has 2 fully saturated rings. The maximum atomic E-state index is 8.84. The Bertz CT molecular complexity index is 671. The minimum atomic E-state index is 0.530. The Morgan fingerprint density at radius 2 is 1.71 bits per heavy atom. The second-order valence-corrected chi connectivity index (χ2v) is 6.40. The molecule has 1 aliphatic carbocycles. The predicted octanol–water partition coefficient (Wildman–Crippen LogP) is 3.34. The lowest BCUT2D eigenvalue weighted by atomic mass is 9.56. The molecule has 1 aliphatic heterocycles. The van der Waals surface area contributed by atoms with Crippen LogP contribution >= 0.6 is 0 Å². The fourth-order valence-electron chi connectivity index (χ4n) is 3.81. The van der Waals surface area contributed by atoms with Crippen molar-refractivity contribution in [1.82, 2.24) is 4.98 Å². The second-order valence-electron chi connectivity index (χ2n) is 6.40. The largest absolute Gasteiger partial charge is 0.370 e. The van der Waals surface area contributed by atoms with E-state index in [4.69, 9.17) is 5.26 Å². The van der Waals surface area contributed by atoms with Gasteiger partial charge in [0.05, 0.1) is 11.6 Å². The maximum absolute atomic E-state index is 8.84. The molecule has 0 radical (unpaired) electrons. The first-order chi connectivity index (χ1) is 10.3. The van der Waals surface area contributed by atoms with E-state index < -0.39 is 0 Å². The fraction of sp³-hybridized carbons (Fsp3) is 0.333. The van der Waals surface area contributed by atoms with Crippen LogP contribution < -0.4 is 4.90 Å². The number of nitriles is 1. The molecule has 2 aliphatic rings. The van der Waals surface area contributed by atoms with Crippen LogP contribution in [0.2, 0.25) is 0 Å². The number of hydrogen-bond donors (Lipinski definition) is 0. The number of rotatable bonds is 2. The first-order valence-corrected chi connectivity index (χ1v) is 7.43. The molecule has 3 nitrogen and oxygen atoms in total. The molecule has 0 atom stereocenters. The summed E-state index contributed by atoms with van der Waals surface area (Å²) in [6.45, 7) is 2.31. The van der Waals surface area contributed by atoms with Crippen molar-refractivity contribution in [2.75, 3.05) is 18.0 Å². The molecule has 1 saturated heterocycles. The highest BCUT2D eigenvalue weighted by Gasteiger charge is 2.52. The van der Waals surface area contributed by atoms with Crippen molar-refractivity contribution in [3.63, 3.8) is 0 Å². The summed E-state index contributed by atoms with van der Waals surface area (Å²) in [5, 5.41) is 8.84. The molecule has 2 heterocycles. The van der Waals surface area contributed by atoms with E-state index in [1.807, 2.05) is 24.5 Å². The zero-order chi connectivity index (χ0) is 14.3. The van der Waals surface area contributed by atoms with Crippen molar-refractivity contribution in [2.45, 2.75) is 18.8 Å². The number of anilines is 1. The first kappa shape index (κ1) is 12.4. The van der Waals surface area contributed by atoms with Gasteiger partial charge in [-0.3, -0.25) is 4.98 Å². The molecular formula is C18H17N3. The van der Waals surface area contributed by atoms with Gasteiger partial charge in [0.2, 0.25) is 0 Å². The van der Waals surface area contributed by atoms with Crippen LogP contribution in [0.15, 0.2) is 48.8 Å². The summed E-state index contributed by atoms with van der Waals surface area (Å²) in [7, 11) is 0. The first-order valence-electron chi connectivity index (χ1n) is 7.43. The van der Waals surface area contributed by atoms with E-state index in [-0.39, 0.29) is 0 Å². The van der Waals surface area contributed by atoms with E-state index in [0.717, 1.165) is 24.6 Å². The van der Waals surface area contributed by atoms with Crippen molar-refractivity contribution >= 4 is 5.69 Å². The normalized spacial score (nSPS) is 19.7. The van der Waals surface area contributed by atoms with Gasteiger partial charge in [-0.2, -0.15) is 5.26 Å². The van der Waals surface area contributed by atoms with Gasteiger partial charge in [-0.05, 0) is 60.7 Å². The van der Waals surface area contributed by atoms with Gasteiger partial charge >= 0.3 is 0 Å². The van der Waals surface area contributed by atoms with E-state index >= 15 is 0 Å². The van der Waals surface area contributed by atoms with Crippen LogP contribution in [0.1, 0.15) is 29.9 Å². The average Bonchev–Trinajstić information content (AvgIpc) is 2.46. The third-order valence-electron chi connectivity index (χ3n) is 4.95. The summed E-state index contributed by atoms with van der Waals surface area (Å²) in [6, 6.07) is 14.4. The van der Waals surface area contributed by atoms with E-state index in [2.05, 4.69) is 40.2 Å². The van der Waals surface area contributed by atoms with Gasteiger partial charge in [0.15, 0.2) is 0 Å². The smallest absolute Gasteiger partial charge is 0.0991 e. The van der Waals surface area contributed by atoms with Gasteiger partial charge in [-0.25, -0.2) is 0 Å². The average molecular weight is 275 g/mol. The van der Waals surface area contributed by atoms with Crippen LogP contribution in [0.25, 0.3) is 0 Å². The molecular weight excluding hydrogens is 258 g/mol. The Labute approximate surface area is 124 Å². The van der Waals surface area contributed by atoms with Crippen LogP contribution in [0, 0.1) is 16.7 Å². The second kappa shape index (κ2) is 4.60. The molecule has 21 heavy (non-hydrogen) atoms. The highest BCUT2D eigenvalue weighted by atomic mass is 15.2. The Balaban J connectivity index is 1.37. The van der Waals surface area contributed by atoms with Crippen molar-refractivity contribution in [2.24, 2.45) is 5.41 Å². The minimum Gasteiger partial charge on any atom is -0.370 e.